The highest BCUT2D eigenvalue weighted by molar-refractivity contribution is 5.88. The van der Waals surface area contributed by atoms with Crippen LogP contribution in [-0.2, 0) is 6.61 Å². The molecule has 4 aromatic carbocycles. The highest BCUT2D eigenvalue weighted by Crippen LogP contribution is 2.43. The van der Waals surface area contributed by atoms with E-state index in [9.17, 15) is 4.39 Å². The van der Waals surface area contributed by atoms with Gasteiger partial charge in [0, 0.05) is 34.5 Å². The maximum absolute atomic E-state index is 14.0. The SMILES string of the molecule is COc1cc(OOc2ccccc2)ccc1-c1ccc2c(c1COc1cc(F)ccc1C)C(C)=CC(C)(C)N2. The van der Waals surface area contributed by atoms with E-state index in [2.05, 4.69) is 44.3 Å². The number of fused-ring (bicyclic) bond motifs is 1. The monoisotopic (exact) mass is 525 g/mol. The lowest BCUT2D eigenvalue weighted by atomic mass is 9.85. The topological polar surface area (TPSA) is 49.0 Å². The standard InChI is InChI=1S/C33H32FNO4/c1-21-11-12-23(34)17-30(21)37-20-28-26(15-16-29-32(28)22(2)19-33(3,4)35-29)27-14-13-25(18-31(27)36-5)39-38-24-9-7-6-8-10-24/h6-19,35H,20H2,1-5H3. The molecule has 0 fully saturated rings. The zero-order chi connectivity index (χ0) is 27.6. The number of methoxy groups -OCH3 is 1. The molecule has 0 atom stereocenters. The predicted molar refractivity (Wildman–Crippen MR) is 153 cm³/mol. The molecule has 0 saturated heterocycles. The van der Waals surface area contributed by atoms with Gasteiger partial charge in [0.15, 0.2) is 11.5 Å². The van der Waals surface area contributed by atoms with Crippen LogP contribution in [0.4, 0.5) is 10.1 Å². The molecule has 0 saturated carbocycles. The van der Waals surface area contributed by atoms with Crippen molar-refractivity contribution in [2.45, 2.75) is 39.8 Å². The Hall–Kier alpha value is -4.45. The van der Waals surface area contributed by atoms with Crippen LogP contribution in [0.5, 0.6) is 23.0 Å². The van der Waals surface area contributed by atoms with Gasteiger partial charge >= 0.3 is 0 Å². The van der Waals surface area contributed by atoms with Gasteiger partial charge in [-0.25, -0.2) is 4.39 Å². The molecule has 4 aromatic rings. The van der Waals surface area contributed by atoms with Gasteiger partial charge in [-0.1, -0.05) is 36.4 Å². The van der Waals surface area contributed by atoms with Gasteiger partial charge < -0.3 is 14.8 Å². The third-order valence-corrected chi connectivity index (χ3v) is 6.70. The van der Waals surface area contributed by atoms with E-state index in [4.69, 9.17) is 19.2 Å². The first kappa shape index (κ1) is 26.2. The van der Waals surface area contributed by atoms with Crippen molar-refractivity contribution in [3.8, 4) is 34.1 Å². The summed E-state index contributed by atoms with van der Waals surface area (Å²) in [4.78, 5) is 11.0. The van der Waals surface area contributed by atoms with Gasteiger partial charge in [0.1, 0.15) is 23.9 Å². The summed E-state index contributed by atoms with van der Waals surface area (Å²) in [5, 5.41) is 3.61. The number of benzene rings is 4. The van der Waals surface area contributed by atoms with Crippen molar-refractivity contribution in [3.63, 3.8) is 0 Å². The van der Waals surface area contributed by atoms with Gasteiger partial charge in [0.05, 0.1) is 12.6 Å². The molecule has 5 nitrogen and oxygen atoms in total. The third kappa shape index (κ3) is 5.70. The molecule has 0 unspecified atom stereocenters. The molecule has 0 bridgehead atoms. The minimum absolute atomic E-state index is 0.189. The summed E-state index contributed by atoms with van der Waals surface area (Å²) in [6, 6.07) is 23.6. The molecule has 1 aliphatic rings. The average molecular weight is 526 g/mol. The van der Waals surface area contributed by atoms with Crippen molar-refractivity contribution >= 4 is 11.3 Å². The van der Waals surface area contributed by atoms with Crippen LogP contribution in [0.1, 0.15) is 37.5 Å². The first-order valence-electron chi connectivity index (χ1n) is 12.8. The maximum Gasteiger partial charge on any atom is 0.182 e. The second-order valence-corrected chi connectivity index (χ2v) is 10.2. The summed E-state index contributed by atoms with van der Waals surface area (Å²) in [6.07, 6.45) is 2.21. The Morgan fingerprint density at radius 2 is 1.54 bits per heavy atom. The zero-order valence-electron chi connectivity index (χ0n) is 22.8. The summed E-state index contributed by atoms with van der Waals surface area (Å²) >= 11 is 0. The Morgan fingerprint density at radius 3 is 2.31 bits per heavy atom. The molecule has 0 aromatic heterocycles. The molecule has 0 amide bonds. The molecule has 0 radical (unpaired) electrons. The lowest BCUT2D eigenvalue weighted by molar-refractivity contribution is -0.1000. The Bertz CT molecular complexity index is 1530. The average Bonchev–Trinajstić information content (AvgIpc) is 2.92. The molecule has 200 valence electrons. The van der Waals surface area contributed by atoms with E-state index in [0.717, 1.165) is 39.1 Å². The van der Waals surface area contributed by atoms with E-state index >= 15 is 0 Å². The van der Waals surface area contributed by atoms with Crippen LogP contribution in [0, 0.1) is 12.7 Å². The van der Waals surface area contributed by atoms with E-state index < -0.39 is 0 Å². The first-order chi connectivity index (χ1) is 18.7. The van der Waals surface area contributed by atoms with E-state index in [1.54, 1.807) is 19.2 Å². The number of hydrogen-bond donors (Lipinski definition) is 1. The van der Waals surface area contributed by atoms with Gasteiger partial charge in [0.25, 0.3) is 0 Å². The number of rotatable bonds is 8. The first-order valence-corrected chi connectivity index (χ1v) is 12.8. The van der Waals surface area contributed by atoms with Crippen LogP contribution < -0.4 is 24.6 Å². The van der Waals surface area contributed by atoms with Gasteiger partial charge in [-0.3, -0.25) is 9.78 Å². The molecule has 39 heavy (non-hydrogen) atoms. The smallest absolute Gasteiger partial charge is 0.182 e. The van der Waals surface area contributed by atoms with E-state index in [1.165, 1.54) is 12.1 Å². The van der Waals surface area contributed by atoms with Crippen molar-refractivity contribution in [2.75, 3.05) is 12.4 Å². The summed E-state index contributed by atoms with van der Waals surface area (Å²) < 4.78 is 26.0. The number of anilines is 1. The predicted octanol–water partition coefficient (Wildman–Crippen LogP) is 8.37. The highest BCUT2D eigenvalue weighted by atomic mass is 19.1. The Balaban J connectivity index is 1.55. The van der Waals surface area contributed by atoms with Crippen molar-refractivity contribution < 1.29 is 23.6 Å². The lowest BCUT2D eigenvalue weighted by Crippen LogP contribution is -2.32. The number of nitrogens with one attached hydrogen (secondary N) is 1. The van der Waals surface area contributed by atoms with Crippen LogP contribution in [0.15, 0.2) is 84.9 Å². The van der Waals surface area contributed by atoms with Crippen LogP contribution in [0.25, 0.3) is 16.7 Å². The summed E-state index contributed by atoms with van der Waals surface area (Å²) in [7, 11) is 1.63. The fourth-order valence-corrected chi connectivity index (χ4v) is 5.00. The molecule has 1 N–H and O–H groups in total. The molecule has 1 heterocycles. The quantitative estimate of drug-likeness (QED) is 0.185. The number of halogens is 1. The maximum atomic E-state index is 14.0. The molecule has 0 spiro atoms. The second-order valence-electron chi connectivity index (χ2n) is 10.2. The van der Waals surface area contributed by atoms with Crippen LogP contribution in [0.3, 0.4) is 0 Å². The zero-order valence-corrected chi connectivity index (χ0v) is 22.8. The fraction of sp³-hybridized carbons (Fsp3) is 0.212. The molecule has 5 rings (SSSR count). The minimum Gasteiger partial charge on any atom is -0.496 e. The van der Waals surface area contributed by atoms with Crippen molar-refractivity contribution in [1.82, 2.24) is 0 Å². The van der Waals surface area contributed by atoms with Gasteiger partial charge in [0.2, 0.25) is 0 Å². The molecule has 1 aliphatic heterocycles. The second kappa shape index (κ2) is 10.7. The van der Waals surface area contributed by atoms with Crippen LogP contribution >= 0.6 is 0 Å². The number of aryl methyl sites for hydroxylation is 1. The van der Waals surface area contributed by atoms with Crippen molar-refractivity contribution in [3.05, 3.63) is 107 Å². The molecular formula is C33H32FNO4. The third-order valence-electron chi connectivity index (χ3n) is 6.70. The highest BCUT2D eigenvalue weighted by Gasteiger charge is 2.27. The summed E-state index contributed by atoms with van der Waals surface area (Å²) in [5.74, 6) is 1.90. The number of allylic oxidation sites excluding steroid dienone is 1. The Kier molecular flexibility index (Phi) is 7.20. The summed E-state index contributed by atoms with van der Waals surface area (Å²) in [6.45, 7) is 8.54. The van der Waals surface area contributed by atoms with Gasteiger partial charge in [-0.2, -0.15) is 0 Å². The van der Waals surface area contributed by atoms with Crippen molar-refractivity contribution in [2.24, 2.45) is 0 Å². The van der Waals surface area contributed by atoms with E-state index in [-0.39, 0.29) is 18.0 Å². The number of para-hydroxylation sites is 1. The van der Waals surface area contributed by atoms with Gasteiger partial charge in [-0.05, 0) is 80.8 Å². The normalized spacial score (nSPS) is 13.5. The number of hydrogen-bond acceptors (Lipinski definition) is 5. The number of ether oxygens (including phenoxy) is 2. The van der Waals surface area contributed by atoms with Crippen LogP contribution in [-0.4, -0.2) is 12.6 Å². The van der Waals surface area contributed by atoms with Gasteiger partial charge in [-0.15, -0.1) is 0 Å². The molecule has 0 aliphatic carbocycles. The van der Waals surface area contributed by atoms with Crippen LogP contribution in [0.2, 0.25) is 0 Å². The van der Waals surface area contributed by atoms with E-state index in [1.807, 2.05) is 49.4 Å². The largest absolute Gasteiger partial charge is 0.496 e. The molecule has 6 heteroatoms. The Labute approximate surface area is 228 Å². The fourth-order valence-electron chi connectivity index (χ4n) is 5.00. The molecular weight excluding hydrogens is 493 g/mol. The van der Waals surface area contributed by atoms with E-state index in [0.29, 0.717) is 23.0 Å². The summed E-state index contributed by atoms with van der Waals surface area (Å²) in [5.41, 5.74) is 6.70. The Morgan fingerprint density at radius 1 is 0.795 bits per heavy atom. The van der Waals surface area contributed by atoms with Crippen molar-refractivity contribution in [1.29, 1.82) is 0 Å². The minimum atomic E-state index is -0.333. The lowest BCUT2D eigenvalue weighted by Gasteiger charge is -2.33.